The quantitative estimate of drug-likeness (QED) is 0.121. The maximum atomic E-state index is 8.52. The molecule has 25 heteroatoms. The number of nitrogens with two attached hydrogens (primary N) is 4. The van der Waals surface area contributed by atoms with Crippen LogP contribution in [0.4, 0.5) is 23.3 Å². The normalized spacial score (nSPS) is 7.43. The number of nitrogen functional groups attached to an aromatic ring is 4. The first kappa shape index (κ1) is 69.8. The van der Waals surface area contributed by atoms with Crippen molar-refractivity contribution in [1.29, 1.82) is 0 Å². The van der Waals surface area contributed by atoms with Crippen LogP contribution in [0.5, 0.6) is 0 Å². The van der Waals surface area contributed by atoms with Gasteiger partial charge in [-0.05, 0) is 12.1 Å². The molecule has 2 aromatic heterocycles. The summed E-state index contributed by atoms with van der Waals surface area (Å²) in [5, 5.41) is 0. The SMILES string of the molecule is Nc1cccc(N)[nH+]1.Nc1cccc(N)[nH+]1.O.O.O=S(=O)([O-])[O-].O=S(=O)([O-])[O-].[Co+2].[OH3+].[OH3+].[OH3+].[OH3+].[OH3+].[OH3+]. The van der Waals surface area contributed by atoms with Crippen LogP contribution in [0.3, 0.4) is 0 Å². The van der Waals surface area contributed by atoms with Crippen molar-refractivity contribution in [2.24, 2.45) is 0 Å². The van der Waals surface area contributed by atoms with Crippen LogP contribution in [0.1, 0.15) is 0 Å². The van der Waals surface area contributed by atoms with Crippen LogP contribution in [0.25, 0.3) is 0 Å². The van der Waals surface area contributed by atoms with E-state index in [1.165, 1.54) is 0 Å². The van der Waals surface area contributed by atoms with Crippen molar-refractivity contribution in [2.45, 2.75) is 0 Å². The van der Waals surface area contributed by atoms with Gasteiger partial charge in [-0.3, -0.25) is 16.8 Å². The summed E-state index contributed by atoms with van der Waals surface area (Å²) in [4.78, 5) is 5.45. The Hall–Kier alpha value is -2.57. The van der Waals surface area contributed by atoms with Gasteiger partial charge < -0.3 is 85.0 Å². The summed E-state index contributed by atoms with van der Waals surface area (Å²) in [5.74, 6) is 2.35. The second-order valence-corrected chi connectivity index (χ2v) is 5.57. The van der Waals surface area contributed by atoms with Crippen molar-refractivity contribution in [2.75, 3.05) is 22.9 Å². The Bertz CT molecular complexity index is 768. The molecule has 0 aromatic carbocycles. The largest absolute Gasteiger partial charge is 2.00 e. The van der Waals surface area contributed by atoms with Crippen molar-refractivity contribution in [3.63, 3.8) is 0 Å². The van der Waals surface area contributed by atoms with E-state index in [0.717, 1.165) is 0 Å². The summed E-state index contributed by atoms with van der Waals surface area (Å²) in [6, 6.07) is 10.6. The molecule has 22 nitrogen and oxygen atoms in total. The van der Waals surface area contributed by atoms with Gasteiger partial charge in [-0.1, -0.05) is 0 Å². The van der Waals surface area contributed by atoms with Crippen molar-refractivity contribution >= 4 is 44.1 Å². The first-order chi connectivity index (χ1) is 11.6. The van der Waals surface area contributed by atoms with E-state index in [4.69, 9.17) is 58.0 Å². The van der Waals surface area contributed by atoms with E-state index in [1.807, 2.05) is 0 Å². The summed E-state index contributed by atoms with van der Waals surface area (Å²) in [5.41, 5.74) is 21.3. The molecule has 0 amide bonds. The van der Waals surface area contributed by atoms with Crippen LogP contribution in [0, 0.1) is 0 Å². The molecule has 0 aliphatic heterocycles. The molecule has 0 bridgehead atoms. The van der Waals surface area contributed by atoms with Gasteiger partial charge in [0.1, 0.15) is 0 Å². The molecule has 0 saturated carbocycles. The third-order valence-corrected chi connectivity index (χ3v) is 1.68. The topological polar surface area (TPSA) is 554 Å². The molecule has 0 fully saturated rings. The number of aromatic nitrogens is 2. The van der Waals surface area contributed by atoms with Crippen LogP contribution < -0.4 is 32.9 Å². The van der Waals surface area contributed by atoms with E-state index in [0.29, 0.717) is 23.3 Å². The zero-order valence-electron chi connectivity index (χ0n) is 17.7. The number of anilines is 4. The van der Waals surface area contributed by atoms with Gasteiger partial charge in [0.15, 0.2) is 0 Å². The molecule has 2 aromatic rings. The van der Waals surface area contributed by atoms with Crippen molar-refractivity contribution in [1.82, 2.24) is 0 Å². The molecule has 0 unspecified atom stereocenters. The fraction of sp³-hybridized carbons (Fsp3) is 0. The smallest absolute Gasteiger partial charge is 0.759 e. The molecule has 0 aliphatic carbocycles. The first-order valence-corrected chi connectivity index (χ1v) is 8.64. The zero-order valence-corrected chi connectivity index (χ0v) is 20.3. The van der Waals surface area contributed by atoms with Crippen LogP contribution in [0.15, 0.2) is 36.4 Å². The van der Waals surface area contributed by atoms with Crippen LogP contribution >= 0.6 is 0 Å². The number of pyridine rings is 2. The summed E-state index contributed by atoms with van der Waals surface area (Å²) < 4.78 is 68.2. The maximum absolute atomic E-state index is 8.52. The Balaban J connectivity index is -0.0000000229. The Morgan fingerprint density at radius 1 is 0.514 bits per heavy atom. The Labute approximate surface area is 209 Å². The summed E-state index contributed by atoms with van der Waals surface area (Å²) >= 11 is 0. The maximum Gasteiger partial charge on any atom is 2.00 e. The standard InChI is InChI=1S/2C5H7N3.Co.2H2O4S.8H2O/c2*6-4-2-1-3-5(7)8-4;;2*1-5(2,3)4;;;;;;;;/h2*1-3H,(H4,6,7,8);;2*(H2,1,2,3,4);8*1H2/q;;+2;;;;;;;;;;/p+4. The molecule has 0 atom stereocenters. The molecule has 0 aliphatic rings. The zero-order chi connectivity index (χ0) is 21.0. The molecule has 2 heterocycles. The molecular weight excluding hydrogens is 583 g/mol. The first-order valence-electron chi connectivity index (χ1n) is 5.98. The summed E-state index contributed by atoms with van der Waals surface area (Å²) in [6.07, 6.45) is 0. The fourth-order valence-corrected chi connectivity index (χ4v) is 1.01. The van der Waals surface area contributed by atoms with Gasteiger partial charge in [-0.2, -0.15) is 0 Å². The Kier molecular flexibility index (Phi) is 67.0. The third kappa shape index (κ3) is 89.6. The molecule has 35 heavy (non-hydrogen) atoms. The van der Waals surface area contributed by atoms with Gasteiger partial charge in [0, 0.05) is 45.1 Å². The number of nitrogens with one attached hydrogen (secondary N) is 2. The van der Waals surface area contributed by atoms with E-state index in [-0.39, 0.29) is 60.6 Å². The molecule has 0 saturated heterocycles. The minimum atomic E-state index is -5.17. The number of rotatable bonds is 0. The average Bonchev–Trinajstić information content (AvgIpc) is 2.34. The second-order valence-electron chi connectivity index (χ2n) is 3.94. The fourth-order valence-electron chi connectivity index (χ4n) is 1.01. The van der Waals surface area contributed by atoms with Gasteiger partial charge in [0.25, 0.3) is 0 Å². The number of hydrogen-bond donors (Lipinski definition) is 4. The predicted molar refractivity (Wildman–Crippen MR) is 121 cm³/mol. The van der Waals surface area contributed by atoms with Gasteiger partial charge >= 0.3 is 16.8 Å². The van der Waals surface area contributed by atoms with Gasteiger partial charge in [0.2, 0.25) is 23.3 Å². The van der Waals surface area contributed by atoms with Crippen molar-refractivity contribution < 1.29 is 106 Å². The van der Waals surface area contributed by atoms with Crippen LogP contribution in [0.2, 0.25) is 0 Å². The minimum Gasteiger partial charge on any atom is -0.759 e. The van der Waals surface area contributed by atoms with Crippen LogP contribution in [-0.4, -0.2) is 46.0 Å². The van der Waals surface area contributed by atoms with E-state index < -0.39 is 20.8 Å². The van der Waals surface area contributed by atoms with Crippen molar-refractivity contribution in [3.8, 4) is 0 Å². The average molecular weight is 622 g/mol. The Morgan fingerprint density at radius 2 is 0.629 bits per heavy atom. The van der Waals surface area contributed by atoms with E-state index in [1.54, 1.807) is 36.4 Å². The molecule has 2 rings (SSSR count). The molecule has 32 N–H and O–H groups in total. The van der Waals surface area contributed by atoms with Gasteiger partial charge in [-0.15, -0.1) is 0 Å². The number of H-pyrrole nitrogens is 2. The summed E-state index contributed by atoms with van der Waals surface area (Å²) in [6.45, 7) is 0. The van der Waals surface area contributed by atoms with Gasteiger partial charge in [0.05, 0.1) is 0 Å². The van der Waals surface area contributed by atoms with E-state index in [2.05, 4.69) is 9.97 Å². The second kappa shape index (κ2) is 33.6. The molecule has 1 radical (unpaired) electrons. The summed E-state index contributed by atoms with van der Waals surface area (Å²) in [7, 11) is -10.3. The Morgan fingerprint density at radius 3 is 0.686 bits per heavy atom. The molecule has 219 valence electrons. The third-order valence-electron chi connectivity index (χ3n) is 1.68. The number of aromatic amines is 2. The van der Waals surface area contributed by atoms with Crippen LogP contribution in [-0.2, 0) is 70.4 Å². The van der Waals surface area contributed by atoms with E-state index in [9.17, 15) is 0 Å². The van der Waals surface area contributed by atoms with Gasteiger partial charge in [-0.25, -0.2) is 9.97 Å². The molecular formula is C10H38CoN6O16S2+6. The molecule has 0 spiro atoms. The predicted octanol–water partition coefficient (Wildman–Crippen LogP) is -10.5. The minimum absolute atomic E-state index is 0. The number of hydrogen-bond acceptors (Lipinski definition) is 12. The van der Waals surface area contributed by atoms with Crippen molar-refractivity contribution in [3.05, 3.63) is 36.4 Å². The van der Waals surface area contributed by atoms with E-state index >= 15 is 0 Å². The monoisotopic (exact) mass is 621 g/mol.